The van der Waals surface area contributed by atoms with Crippen LogP contribution in [0.1, 0.15) is 19.2 Å². The van der Waals surface area contributed by atoms with E-state index in [-0.39, 0.29) is 6.04 Å². The van der Waals surface area contributed by atoms with Crippen molar-refractivity contribution in [3.05, 3.63) is 42.4 Å². The fourth-order valence-corrected chi connectivity index (χ4v) is 1.80. The van der Waals surface area contributed by atoms with Gasteiger partial charge in [0.25, 0.3) is 0 Å². The smallest absolute Gasteiger partial charge is 0.129 e. The van der Waals surface area contributed by atoms with Gasteiger partial charge in [-0.1, -0.05) is 0 Å². The average molecular weight is 257 g/mol. The van der Waals surface area contributed by atoms with E-state index in [9.17, 15) is 0 Å². The molecule has 0 fully saturated rings. The standard InChI is InChI=1S/C15H19N3O/c1-11(16)3-8-15-17-10-9-14(18-15)12-4-6-13(19-2)7-5-12/h4-7,9-11H,3,8,16H2,1-2H3. The second-order valence-corrected chi connectivity index (χ2v) is 4.60. The van der Waals surface area contributed by atoms with E-state index < -0.39 is 0 Å². The molecule has 1 heterocycles. The molecule has 1 aromatic carbocycles. The molecule has 0 saturated carbocycles. The Labute approximate surface area is 113 Å². The van der Waals surface area contributed by atoms with Gasteiger partial charge in [-0.15, -0.1) is 0 Å². The fraction of sp³-hybridized carbons (Fsp3) is 0.333. The molecule has 0 aliphatic heterocycles. The summed E-state index contributed by atoms with van der Waals surface area (Å²) in [6.07, 6.45) is 3.50. The molecule has 0 aliphatic carbocycles. The van der Waals surface area contributed by atoms with E-state index in [1.807, 2.05) is 37.3 Å². The SMILES string of the molecule is COc1ccc(-c2ccnc(CCC(C)N)n2)cc1. The zero-order chi connectivity index (χ0) is 13.7. The first-order chi connectivity index (χ1) is 9.19. The summed E-state index contributed by atoms with van der Waals surface area (Å²) in [7, 11) is 1.66. The van der Waals surface area contributed by atoms with E-state index >= 15 is 0 Å². The Kier molecular flexibility index (Phi) is 4.47. The molecule has 0 bridgehead atoms. The zero-order valence-corrected chi connectivity index (χ0v) is 11.3. The van der Waals surface area contributed by atoms with E-state index in [1.54, 1.807) is 13.3 Å². The van der Waals surface area contributed by atoms with E-state index in [4.69, 9.17) is 10.5 Å². The van der Waals surface area contributed by atoms with Crippen molar-refractivity contribution in [1.82, 2.24) is 9.97 Å². The van der Waals surface area contributed by atoms with Gasteiger partial charge < -0.3 is 10.5 Å². The van der Waals surface area contributed by atoms with Gasteiger partial charge in [0, 0.05) is 24.2 Å². The van der Waals surface area contributed by atoms with Crippen LogP contribution in [-0.4, -0.2) is 23.1 Å². The summed E-state index contributed by atoms with van der Waals surface area (Å²) in [6, 6.07) is 9.94. The summed E-state index contributed by atoms with van der Waals surface area (Å²) < 4.78 is 5.15. The van der Waals surface area contributed by atoms with Crippen molar-refractivity contribution in [2.45, 2.75) is 25.8 Å². The lowest BCUT2D eigenvalue weighted by Crippen LogP contribution is -2.16. The van der Waals surface area contributed by atoms with E-state index in [2.05, 4.69) is 9.97 Å². The number of benzene rings is 1. The highest BCUT2D eigenvalue weighted by Crippen LogP contribution is 2.20. The van der Waals surface area contributed by atoms with Gasteiger partial charge in [-0.05, 0) is 43.7 Å². The molecule has 19 heavy (non-hydrogen) atoms. The van der Waals surface area contributed by atoms with Gasteiger partial charge in [-0.25, -0.2) is 9.97 Å². The Balaban J connectivity index is 2.17. The number of ether oxygens (including phenoxy) is 1. The van der Waals surface area contributed by atoms with Gasteiger partial charge in [0.2, 0.25) is 0 Å². The summed E-state index contributed by atoms with van der Waals surface area (Å²) in [4.78, 5) is 8.84. The molecule has 100 valence electrons. The second-order valence-electron chi connectivity index (χ2n) is 4.60. The Morgan fingerprint density at radius 1 is 1.21 bits per heavy atom. The number of rotatable bonds is 5. The van der Waals surface area contributed by atoms with Crippen molar-refractivity contribution in [3.8, 4) is 17.0 Å². The number of aryl methyl sites for hydroxylation is 1. The third kappa shape index (κ3) is 3.76. The third-order valence-electron chi connectivity index (χ3n) is 2.91. The maximum atomic E-state index is 5.75. The quantitative estimate of drug-likeness (QED) is 0.893. The van der Waals surface area contributed by atoms with Crippen LogP contribution in [0.25, 0.3) is 11.3 Å². The van der Waals surface area contributed by atoms with Crippen LogP contribution in [0.15, 0.2) is 36.5 Å². The molecule has 4 heteroatoms. The first-order valence-corrected chi connectivity index (χ1v) is 6.41. The maximum Gasteiger partial charge on any atom is 0.129 e. The van der Waals surface area contributed by atoms with Crippen LogP contribution < -0.4 is 10.5 Å². The first-order valence-electron chi connectivity index (χ1n) is 6.41. The van der Waals surface area contributed by atoms with Gasteiger partial charge in [0.05, 0.1) is 12.8 Å². The molecule has 1 aromatic heterocycles. The maximum absolute atomic E-state index is 5.75. The molecular formula is C15H19N3O. The molecular weight excluding hydrogens is 238 g/mol. The van der Waals surface area contributed by atoms with Crippen molar-refractivity contribution < 1.29 is 4.74 Å². The Morgan fingerprint density at radius 2 is 1.95 bits per heavy atom. The summed E-state index contributed by atoms with van der Waals surface area (Å²) in [5.41, 5.74) is 7.74. The average Bonchev–Trinajstić information content (AvgIpc) is 2.45. The summed E-state index contributed by atoms with van der Waals surface area (Å²) in [6.45, 7) is 1.99. The van der Waals surface area contributed by atoms with Crippen LogP contribution in [0.3, 0.4) is 0 Å². The van der Waals surface area contributed by atoms with Gasteiger partial charge >= 0.3 is 0 Å². The molecule has 2 rings (SSSR count). The predicted octanol–water partition coefficient (Wildman–Crippen LogP) is 2.43. The summed E-state index contributed by atoms with van der Waals surface area (Å²) >= 11 is 0. The number of nitrogens with two attached hydrogens (primary N) is 1. The van der Waals surface area contributed by atoms with Crippen LogP contribution in [-0.2, 0) is 6.42 Å². The minimum Gasteiger partial charge on any atom is -0.497 e. The molecule has 0 amide bonds. The summed E-state index contributed by atoms with van der Waals surface area (Å²) in [5.74, 6) is 1.68. The number of hydrogen-bond acceptors (Lipinski definition) is 4. The van der Waals surface area contributed by atoms with Gasteiger partial charge in [0.1, 0.15) is 11.6 Å². The minimum atomic E-state index is 0.174. The van der Waals surface area contributed by atoms with E-state index in [1.165, 1.54) is 0 Å². The Bertz CT molecular complexity index is 523. The van der Waals surface area contributed by atoms with Crippen LogP contribution in [0, 0.1) is 0 Å². The molecule has 2 aromatic rings. The molecule has 4 nitrogen and oxygen atoms in total. The van der Waals surface area contributed by atoms with Crippen molar-refractivity contribution in [1.29, 1.82) is 0 Å². The lowest BCUT2D eigenvalue weighted by atomic mass is 10.1. The number of aromatic nitrogens is 2. The molecule has 0 spiro atoms. The van der Waals surface area contributed by atoms with Crippen molar-refractivity contribution in [2.24, 2.45) is 5.73 Å². The van der Waals surface area contributed by atoms with Gasteiger partial charge in [-0.3, -0.25) is 0 Å². The normalized spacial score (nSPS) is 12.2. The monoisotopic (exact) mass is 257 g/mol. The molecule has 0 saturated heterocycles. The molecule has 0 radical (unpaired) electrons. The zero-order valence-electron chi connectivity index (χ0n) is 11.3. The molecule has 1 unspecified atom stereocenters. The van der Waals surface area contributed by atoms with E-state index in [0.717, 1.165) is 35.7 Å². The second kappa shape index (κ2) is 6.29. The topological polar surface area (TPSA) is 61.0 Å². The highest BCUT2D eigenvalue weighted by Gasteiger charge is 2.04. The van der Waals surface area contributed by atoms with Crippen LogP contribution in [0.4, 0.5) is 0 Å². The predicted molar refractivity (Wildman–Crippen MR) is 76.0 cm³/mol. The Morgan fingerprint density at radius 3 is 2.58 bits per heavy atom. The van der Waals surface area contributed by atoms with Crippen molar-refractivity contribution in [3.63, 3.8) is 0 Å². The van der Waals surface area contributed by atoms with Crippen LogP contribution in [0.5, 0.6) is 5.75 Å². The number of hydrogen-bond donors (Lipinski definition) is 1. The van der Waals surface area contributed by atoms with Gasteiger partial charge in [0.15, 0.2) is 0 Å². The van der Waals surface area contributed by atoms with E-state index in [0.29, 0.717) is 0 Å². The summed E-state index contributed by atoms with van der Waals surface area (Å²) in [5, 5.41) is 0. The number of methoxy groups -OCH3 is 1. The lowest BCUT2D eigenvalue weighted by molar-refractivity contribution is 0.415. The van der Waals surface area contributed by atoms with Crippen LogP contribution >= 0.6 is 0 Å². The number of nitrogens with zero attached hydrogens (tertiary/aromatic N) is 2. The fourth-order valence-electron chi connectivity index (χ4n) is 1.80. The van der Waals surface area contributed by atoms with Crippen LogP contribution in [0.2, 0.25) is 0 Å². The third-order valence-corrected chi connectivity index (χ3v) is 2.91. The Hall–Kier alpha value is -1.94. The highest BCUT2D eigenvalue weighted by atomic mass is 16.5. The van der Waals surface area contributed by atoms with Crippen molar-refractivity contribution >= 4 is 0 Å². The van der Waals surface area contributed by atoms with Crippen molar-refractivity contribution in [2.75, 3.05) is 7.11 Å². The molecule has 0 aliphatic rings. The molecule has 2 N–H and O–H groups in total. The highest BCUT2D eigenvalue weighted by molar-refractivity contribution is 5.59. The lowest BCUT2D eigenvalue weighted by Gasteiger charge is -2.06. The first kappa shape index (κ1) is 13.5. The van der Waals surface area contributed by atoms with Gasteiger partial charge in [-0.2, -0.15) is 0 Å². The molecule has 1 atom stereocenters. The largest absolute Gasteiger partial charge is 0.497 e. The minimum absolute atomic E-state index is 0.174.